The lowest BCUT2D eigenvalue weighted by atomic mass is 10.0. The average Bonchev–Trinajstić information content (AvgIpc) is 2.39. The number of ether oxygens (including phenoxy) is 1. The molecule has 1 heterocycles. The summed E-state index contributed by atoms with van der Waals surface area (Å²) < 4.78 is 5.28. The van der Waals surface area contributed by atoms with E-state index in [0.29, 0.717) is 11.3 Å². The molecule has 2 aromatic rings. The van der Waals surface area contributed by atoms with Crippen molar-refractivity contribution in [3.05, 3.63) is 41.6 Å². The highest BCUT2D eigenvalue weighted by atomic mass is 16.5. The molecule has 19 heavy (non-hydrogen) atoms. The number of nitrogens with two attached hydrogens (primary N) is 1. The third kappa shape index (κ3) is 2.49. The Morgan fingerprint density at radius 2 is 2.11 bits per heavy atom. The van der Waals surface area contributed by atoms with Gasteiger partial charge in [-0.1, -0.05) is 11.6 Å². The highest BCUT2D eigenvalue weighted by molar-refractivity contribution is 5.94. The van der Waals surface area contributed by atoms with E-state index in [4.69, 9.17) is 15.6 Å². The average molecular weight is 258 g/mol. The first-order chi connectivity index (χ1) is 9.02. The van der Waals surface area contributed by atoms with Gasteiger partial charge in [-0.15, -0.1) is 0 Å². The lowest BCUT2D eigenvalue weighted by molar-refractivity contribution is 0.0697. The third-order valence-corrected chi connectivity index (χ3v) is 2.81. The molecule has 5 heteroatoms. The zero-order chi connectivity index (χ0) is 14.0. The first-order valence-corrected chi connectivity index (χ1v) is 5.66. The second-order valence-electron chi connectivity index (χ2n) is 4.17. The summed E-state index contributed by atoms with van der Waals surface area (Å²) in [5, 5.41) is 9.07. The topological polar surface area (TPSA) is 85.4 Å². The number of carboxylic acids is 1. The fourth-order valence-electron chi connectivity index (χ4n) is 1.84. The van der Waals surface area contributed by atoms with Gasteiger partial charge in [0.1, 0.15) is 17.1 Å². The standard InChI is InChI=1S/C14H14N2O3/c1-8-3-4-12(19-2)10(5-8)9-6-11(14(17)18)13(15)16-7-9/h3-7H,1-2H3,(H2,15,16)(H,17,18). The largest absolute Gasteiger partial charge is 0.496 e. The second kappa shape index (κ2) is 4.97. The Bertz CT molecular complexity index is 639. The van der Waals surface area contributed by atoms with Gasteiger partial charge in [0, 0.05) is 17.3 Å². The van der Waals surface area contributed by atoms with Crippen LogP contribution in [0.2, 0.25) is 0 Å². The second-order valence-corrected chi connectivity index (χ2v) is 4.17. The van der Waals surface area contributed by atoms with Crippen molar-refractivity contribution in [2.45, 2.75) is 6.92 Å². The minimum Gasteiger partial charge on any atom is -0.496 e. The lowest BCUT2D eigenvalue weighted by Gasteiger charge is -2.10. The first-order valence-electron chi connectivity index (χ1n) is 5.66. The van der Waals surface area contributed by atoms with E-state index in [1.807, 2.05) is 25.1 Å². The molecule has 0 unspecified atom stereocenters. The van der Waals surface area contributed by atoms with Crippen molar-refractivity contribution in [3.63, 3.8) is 0 Å². The molecule has 0 aliphatic heterocycles. The zero-order valence-electron chi connectivity index (χ0n) is 10.7. The van der Waals surface area contributed by atoms with E-state index in [9.17, 15) is 4.79 Å². The third-order valence-electron chi connectivity index (χ3n) is 2.81. The number of nitrogens with zero attached hydrogens (tertiary/aromatic N) is 1. The van der Waals surface area contributed by atoms with Gasteiger partial charge in [-0.05, 0) is 25.1 Å². The summed E-state index contributed by atoms with van der Waals surface area (Å²) in [5.41, 5.74) is 8.03. The van der Waals surface area contributed by atoms with Crippen molar-refractivity contribution in [2.24, 2.45) is 0 Å². The lowest BCUT2D eigenvalue weighted by Crippen LogP contribution is -2.04. The molecule has 0 aliphatic carbocycles. The molecule has 0 saturated heterocycles. The number of carbonyl (C=O) groups is 1. The van der Waals surface area contributed by atoms with E-state index in [2.05, 4.69) is 4.98 Å². The van der Waals surface area contributed by atoms with Gasteiger partial charge in [-0.2, -0.15) is 0 Å². The molecule has 0 amide bonds. The molecule has 2 rings (SSSR count). The van der Waals surface area contributed by atoms with Gasteiger partial charge in [-0.25, -0.2) is 9.78 Å². The van der Waals surface area contributed by atoms with Crippen LogP contribution >= 0.6 is 0 Å². The number of anilines is 1. The quantitative estimate of drug-likeness (QED) is 0.882. The Morgan fingerprint density at radius 1 is 1.37 bits per heavy atom. The molecule has 0 fully saturated rings. The van der Waals surface area contributed by atoms with Gasteiger partial charge < -0.3 is 15.6 Å². The van der Waals surface area contributed by atoms with E-state index < -0.39 is 5.97 Å². The van der Waals surface area contributed by atoms with Crippen LogP contribution < -0.4 is 10.5 Å². The van der Waals surface area contributed by atoms with Crippen molar-refractivity contribution < 1.29 is 14.6 Å². The molecule has 1 aromatic carbocycles. The maximum absolute atomic E-state index is 11.1. The number of aromatic carboxylic acids is 1. The van der Waals surface area contributed by atoms with Crippen LogP contribution in [0.25, 0.3) is 11.1 Å². The van der Waals surface area contributed by atoms with E-state index in [-0.39, 0.29) is 11.4 Å². The maximum atomic E-state index is 11.1. The summed E-state index contributed by atoms with van der Waals surface area (Å²) >= 11 is 0. The summed E-state index contributed by atoms with van der Waals surface area (Å²) in [6.07, 6.45) is 1.54. The van der Waals surface area contributed by atoms with Crippen molar-refractivity contribution in [3.8, 4) is 16.9 Å². The van der Waals surface area contributed by atoms with Crippen LogP contribution in [-0.2, 0) is 0 Å². The van der Waals surface area contributed by atoms with Gasteiger partial charge in [0.25, 0.3) is 0 Å². The highest BCUT2D eigenvalue weighted by Gasteiger charge is 2.13. The number of hydrogen-bond donors (Lipinski definition) is 2. The minimum absolute atomic E-state index is 0.00266. The van der Waals surface area contributed by atoms with E-state index >= 15 is 0 Å². The molecule has 0 radical (unpaired) electrons. The molecular weight excluding hydrogens is 244 g/mol. The van der Waals surface area contributed by atoms with Gasteiger partial charge in [0.05, 0.1) is 7.11 Å². The Labute approximate surface area is 110 Å². The predicted molar refractivity (Wildman–Crippen MR) is 72.3 cm³/mol. The molecular formula is C14H14N2O3. The Morgan fingerprint density at radius 3 is 2.74 bits per heavy atom. The normalized spacial score (nSPS) is 10.2. The van der Waals surface area contributed by atoms with E-state index in [1.165, 1.54) is 6.07 Å². The molecule has 3 N–H and O–H groups in total. The predicted octanol–water partition coefficient (Wildman–Crippen LogP) is 2.35. The van der Waals surface area contributed by atoms with Crippen molar-refractivity contribution >= 4 is 11.8 Å². The zero-order valence-corrected chi connectivity index (χ0v) is 10.7. The van der Waals surface area contributed by atoms with Crippen LogP contribution in [0.5, 0.6) is 5.75 Å². The van der Waals surface area contributed by atoms with Crippen LogP contribution in [0, 0.1) is 6.92 Å². The molecule has 0 atom stereocenters. The van der Waals surface area contributed by atoms with Gasteiger partial charge >= 0.3 is 5.97 Å². The summed E-state index contributed by atoms with van der Waals surface area (Å²) in [6.45, 7) is 1.95. The first kappa shape index (κ1) is 12.9. The molecule has 5 nitrogen and oxygen atoms in total. The summed E-state index contributed by atoms with van der Waals surface area (Å²) in [6, 6.07) is 7.17. The number of pyridine rings is 1. The molecule has 98 valence electrons. The van der Waals surface area contributed by atoms with Crippen LogP contribution in [0.4, 0.5) is 5.82 Å². The monoisotopic (exact) mass is 258 g/mol. The molecule has 0 spiro atoms. The molecule has 1 aromatic heterocycles. The van der Waals surface area contributed by atoms with Crippen molar-refractivity contribution in [2.75, 3.05) is 12.8 Å². The number of aryl methyl sites for hydroxylation is 1. The summed E-state index contributed by atoms with van der Waals surface area (Å²) in [5.74, 6) is -0.435. The van der Waals surface area contributed by atoms with Crippen molar-refractivity contribution in [1.29, 1.82) is 0 Å². The van der Waals surface area contributed by atoms with Crippen molar-refractivity contribution in [1.82, 2.24) is 4.98 Å². The number of hydrogen-bond acceptors (Lipinski definition) is 4. The van der Waals surface area contributed by atoms with Gasteiger partial charge in [0.15, 0.2) is 0 Å². The van der Waals surface area contributed by atoms with E-state index in [0.717, 1.165) is 11.1 Å². The number of aromatic nitrogens is 1. The number of nitrogen functional groups attached to an aromatic ring is 1. The molecule has 0 aliphatic rings. The van der Waals surface area contributed by atoms with Crippen LogP contribution in [-0.4, -0.2) is 23.2 Å². The smallest absolute Gasteiger partial charge is 0.339 e. The Hall–Kier alpha value is -2.56. The number of methoxy groups -OCH3 is 1. The minimum atomic E-state index is -1.10. The molecule has 0 saturated carbocycles. The maximum Gasteiger partial charge on any atom is 0.339 e. The van der Waals surface area contributed by atoms with Crippen LogP contribution in [0.1, 0.15) is 15.9 Å². The number of benzene rings is 1. The Balaban J connectivity index is 2.62. The van der Waals surface area contributed by atoms with Gasteiger partial charge in [0.2, 0.25) is 0 Å². The summed E-state index contributed by atoms with van der Waals surface area (Å²) in [7, 11) is 1.57. The summed E-state index contributed by atoms with van der Waals surface area (Å²) in [4.78, 5) is 15.0. The Kier molecular flexibility index (Phi) is 3.37. The highest BCUT2D eigenvalue weighted by Crippen LogP contribution is 2.31. The van der Waals surface area contributed by atoms with Crippen LogP contribution in [0.15, 0.2) is 30.5 Å². The fourth-order valence-corrected chi connectivity index (χ4v) is 1.84. The SMILES string of the molecule is COc1ccc(C)cc1-c1cnc(N)c(C(=O)O)c1. The fraction of sp³-hybridized carbons (Fsp3) is 0.143. The van der Waals surface area contributed by atoms with E-state index in [1.54, 1.807) is 13.3 Å². The number of carboxylic acid groups (broad SMARTS) is 1. The number of rotatable bonds is 3. The molecule has 0 bridgehead atoms. The van der Waals surface area contributed by atoms with Gasteiger partial charge in [-0.3, -0.25) is 0 Å². The van der Waals surface area contributed by atoms with Crippen LogP contribution in [0.3, 0.4) is 0 Å².